The van der Waals surface area contributed by atoms with Gasteiger partial charge < -0.3 is 20.4 Å². The molecule has 1 aromatic carbocycles. The van der Waals surface area contributed by atoms with E-state index in [1.54, 1.807) is 6.07 Å². The quantitative estimate of drug-likeness (QED) is 0.605. The molecule has 0 saturated heterocycles. The second kappa shape index (κ2) is 7.37. The molecule has 2 rings (SSSR count). The van der Waals surface area contributed by atoms with Crippen LogP contribution < -0.4 is 14.8 Å². The molecule has 0 saturated carbocycles. The fourth-order valence-corrected chi connectivity index (χ4v) is 1.71. The molecule has 0 aliphatic rings. The van der Waals surface area contributed by atoms with Crippen molar-refractivity contribution in [3.63, 3.8) is 0 Å². The fourth-order valence-electron chi connectivity index (χ4n) is 1.71. The van der Waals surface area contributed by atoms with Gasteiger partial charge in [-0.15, -0.1) is 0 Å². The number of hydrogen-bond donors (Lipinski definition) is 2. The summed E-state index contributed by atoms with van der Waals surface area (Å²) in [5.74, 6) is -0.619. The van der Waals surface area contributed by atoms with Crippen molar-refractivity contribution in [3.8, 4) is 5.75 Å². The summed E-state index contributed by atoms with van der Waals surface area (Å²) >= 11 is 0. The Hall–Kier alpha value is -2.67. The lowest BCUT2D eigenvalue weighted by Gasteiger charge is -2.13. The molecular formula is C15H15FN2O4. The maximum atomic E-state index is 12.9. The van der Waals surface area contributed by atoms with E-state index in [4.69, 9.17) is 4.74 Å². The summed E-state index contributed by atoms with van der Waals surface area (Å²) in [5.41, 5.74) is 0.191. The number of aliphatic hydroxyl groups is 1. The van der Waals surface area contributed by atoms with Gasteiger partial charge in [-0.1, -0.05) is 6.07 Å². The predicted octanol–water partition coefficient (Wildman–Crippen LogP) is 0.629. The number of rotatable bonds is 6. The SMILES string of the molecule is O=C(NCC(O)COc1cccc(F)c1)c1ccc[n+]([O-])c1. The summed E-state index contributed by atoms with van der Waals surface area (Å²) in [6, 6.07) is 8.47. The fraction of sp³-hybridized carbons (Fsp3) is 0.200. The van der Waals surface area contributed by atoms with Crippen LogP contribution in [0.4, 0.5) is 4.39 Å². The number of nitrogens with one attached hydrogen (secondary N) is 1. The summed E-state index contributed by atoms with van der Waals surface area (Å²) in [6.07, 6.45) is 1.43. The number of amides is 1. The van der Waals surface area contributed by atoms with Gasteiger partial charge in [-0.05, 0) is 18.2 Å². The van der Waals surface area contributed by atoms with E-state index in [-0.39, 0.29) is 18.7 Å². The van der Waals surface area contributed by atoms with Gasteiger partial charge in [-0.3, -0.25) is 4.79 Å². The molecule has 0 spiro atoms. The monoisotopic (exact) mass is 306 g/mol. The third kappa shape index (κ3) is 4.71. The topological polar surface area (TPSA) is 85.5 Å². The van der Waals surface area contributed by atoms with E-state index in [9.17, 15) is 19.5 Å². The first kappa shape index (κ1) is 15.7. The minimum absolute atomic E-state index is 0.0537. The van der Waals surface area contributed by atoms with Crippen molar-refractivity contribution in [2.45, 2.75) is 6.10 Å². The van der Waals surface area contributed by atoms with Crippen LogP contribution >= 0.6 is 0 Å². The van der Waals surface area contributed by atoms with Crippen molar-refractivity contribution >= 4 is 5.91 Å². The van der Waals surface area contributed by atoms with Crippen LogP contribution in [0.25, 0.3) is 0 Å². The third-order valence-electron chi connectivity index (χ3n) is 2.77. The molecule has 2 aromatic rings. The Bertz CT molecular complexity index is 651. The molecule has 0 fully saturated rings. The van der Waals surface area contributed by atoms with Gasteiger partial charge in [0.1, 0.15) is 29.8 Å². The molecule has 6 nitrogen and oxygen atoms in total. The van der Waals surface area contributed by atoms with Gasteiger partial charge >= 0.3 is 0 Å². The molecule has 1 heterocycles. The van der Waals surface area contributed by atoms with Crippen molar-refractivity contribution in [2.24, 2.45) is 0 Å². The highest BCUT2D eigenvalue weighted by molar-refractivity contribution is 5.93. The van der Waals surface area contributed by atoms with Crippen LogP contribution in [0, 0.1) is 11.0 Å². The average Bonchev–Trinajstić information content (AvgIpc) is 2.50. The second-order valence-corrected chi connectivity index (χ2v) is 4.58. The Morgan fingerprint density at radius 3 is 2.95 bits per heavy atom. The molecule has 0 aliphatic carbocycles. The summed E-state index contributed by atoms with van der Waals surface area (Å²) in [7, 11) is 0. The minimum atomic E-state index is -0.963. The van der Waals surface area contributed by atoms with Crippen molar-refractivity contribution in [3.05, 3.63) is 65.4 Å². The Balaban J connectivity index is 1.78. The van der Waals surface area contributed by atoms with Crippen LogP contribution in [-0.4, -0.2) is 30.3 Å². The van der Waals surface area contributed by atoms with Crippen LogP contribution in [0.5, 0.6) is 5.75 Å². The first-order valence-corrected chi connectivity index (χ1v) is 6.58. The minimum Gasteiger partial charge on any atom is -0.619 e. The number of ether oxygens (including phenoxy) is 1. The van der Waals surface area contributed by atoms with E-state index in [2.05, 4.69) is 5.32 Å². The smallest absolute Gasteiger partial charge is 0.257 e. The van der Waals surface area contributed by atoms with Crippen molar-refractivity contribution in [1.82, 2.24) is 5.32 Å². The largest absolute Gasteiger partial charge is 0.619 e. The number of carbonyl (C=O) groups is 1. The number of aliphatic hydroxyl groups excluding tert-OH is 1. The summed E-state index contributed by atoms with van der Waals surface area (Å²) in [6.45, 7) is -0.151. The van der Waals surface area contributed by atoms with Crippen molar-refractivity contribution in [2.75, 3.05) is 13.2 Å². The van der Waals surface area contributed by atoms with Gasteiger partial charge in [-0.2, -0.15) is 4.73 Å². The van der Waals surface area contributed by atoms with Crippen LogP contribution in [0.1, 0.15) is 10.4 Å². The molecule has 0 bridgehead atoms. The zero-order valence-corrected chi connectivity index (χ0v) is 11.6. The van der Waals surface area contributed by atoms with Gasteiger partial charge in [0.25, 0.3) is 5.91 Å². The number of pyridine rings is 1. The van der Waals surface area contributed by atoms with Gasteiger partial charge in [0.15, 0.2) is 12.4 Å². The highest BCUT2D eigenvalue weighted by atomic mass is 19.1. The lowest BCUT2D eigenvalue weighted by Crippen LogP contribution is -2.36. The number of hydrogen-bond acceptors (Lipinski definition) is 4. The van der Waals surface area contributed by atoms with Crippen LogP contribution in [0.3, 0.4) is 0 Å². The van der Waals surface area contributed by atoms with Crippen LogP contribution in [-0.2, 0) is 0 Å². The lowest BCUT2D eigenvalue weighted by molar-refractivity contribution is -0.605. The number of benzene rings is 1. The second-order valence-electron chi connectivity index (χ2n) is 4.58. The maximum Gasteiger partial charge on any atom is 0.257 e. The van der Waals surface area contributed by atoms with Crippen molar-refractivity contribution < 1.29 is 23.8 Å². The summed E-state index contributed by atoms with van der Waals surface area (Å²) < 4.78 is 18.7. The van der Waals surface area contributed by atoms with E-state index in [0.717, 1.165) is 6.20 Å². The number of nitrogens with zero attached hydrogens (tertiary/aromatic N) is 1. The first-order chi connectivity index (χ1) is 10.5. The zero-order chi connectivity index (χ0) is 15.9. The molecule has 2 N–H and O–H groups in total. The summed E-state index contributed by atoms with van der Waals surface area (Å²) in [4.78, 5) is 11.8. The third-order valence-corrected chi connectivity index (χ3v) is 2.77. The Morgan fingerprint density at radius 2 is 2.23 bits per heavy atom. The number of aromatic nitrogens is 1. The predicted molar refractivity (Wildman–Crippen MR) is 75.6 cm³/mol. The molecule has 22 heavy (non-hydrogen) atoms. The number of carbonyl (C=O) groups excluding carboxylic acids is 1. The standard InChI is InChI=1S/C15H15FN2O4/c16-12-4-1-5-14(7-12)22-10-13(19)8-17-15(20)11-3-2-6-18(21)9-11/h1-7,9,13,19H,8,10H2,(H,17,20). The average molecular weight is 306 g/mol. The molecule has 7 heteroatoms. The molecular weight excluding hydrogens is 291 g/mol. The van der Waals surface area contributed by atoms with Gasteiger partial charge in [-0.25, -0.2) is 4.39 Å². The molecule has 1 atom stereocenters. The number of halogens is 1. The van der Waals surface area contributed by atoms with Crippen LogP contribution in [0.2, 0.25) is 0 Å². The van der Waals surface area contributed by atoms with E-state index < -0.39 is 17.8 Å². The highest BCUT2D eigenvalue weighted by Crippen LogP contribution is 2.11. The molecule has 116 valence electrons. The van der Waals surface area contributed by atoms with Gasteiger partial charge in [0, 0.05) is 18.7 Å². The van der Waals surface area contributed by atoms with E-state index in [0.29, 0.717) is 10.5 Å². The lowest BCUT2D eigenvalue weighted by atomic mass is 10.2. The highest BCUT2D eigenvalue weighted by Gasteiger charge is 2.11. The van der Waals surface area contributed by atoms with Crippen molar-refractivity contribution in [1.29, 1.82) is 0 Å². The molecule has 1 aromatic heterocycles. The normalized spacial score (nSPS) is 11.7. The molecule has 0 radical (unpaired) electrons. The Morgan fingerprint density at radius 1 is 1.41 bits per heavy atom. The maximum absolute atomic E-state index is 12.9. The summed E-state index contributed by atoms with van der Waals surface area (Å²) in [5, 5.41) is 23.3. The Labute approximate surface area is 126 Å². The van der Waals surface area contributed by atoms with E-state index in [1.165, 1.54) is 36.5 Å². The van der Waals surface area contributed by atoms with Crippen LogP contribution in [0.15, 0.2) is 48.8 Å². The molecule has 1 unspecified atom stereocenters. The van der Waals surface area contributed by atoms with E-state index >= 15 is 0 Å². The van der Waals surface area contributed by atoms with Gasteiger partial charge in [0.05, 0.1) is 0 Å². The first-order valence-electron chi connectivity index (χ1n) is 6.58. The molecule has 1 amide bonds. The molecule has 0 aliphatic heterocycles. The zero-order valence-electron chi connectivity index (χ0n) is 11.6. The Kier molecular flexibility index (Phi) is 5.26. The van der Waals surface area contributed by atoms with Gasteiger partial charge in [0.2, 0.25) is 0 Å². The van der Waals surface area contributed by atoms with E-state index in [1.807, 2.05) is 0 Å².